The summed E-state index contributed by atoms with van der Waals surface area (Å²) in [4.78, 5) is 9.06. The van der Waals surface area contributed by atoms with Gasteiger partial charge in [0.1, 0.15) is 6.10 Å². The molecule has 154 valence electrons. The van der Waals surface area contributed by atoms with E-state index in [2.05, 4.69) is 34.2 Å². The van der Waals surface area contributed by atoms with E-state index in [1.807, 2.05) is 7.05 Å². The lowest BCUT2D eigenvalue weighted by Crippen LogP contribution is -2.53. The van der Waals surface area contributed by atoms with Crippen molar-refractivity contribution in [3.05, 3.63) is 0 Å². The van der Waals surface area contributed by atoms with Gasteiger partial charge in [-0.1, -0.05) is 19.3 Å². The van der Waals surface area contributed by atoms with Crippen molar-refractivity contribution >= 4 is 29.9 Å². The molecular formula is C19H39IN4O2. The van der Waals surface area contributed by atoms with Crippen molar-refractivity contribution in [3.8, 4) is 0 Å². The SMILES string of the molecule is CN=C(NCCCCCCCN(C)C)N1CCOC(C2CCCO2)C1.I. The molecule has 2 aliphatic heterocycles. The first-order valence-electron chi connectivity index (χ1n) is 10.0. The summed E-state index contributed by atoms with van der Waals surface area (Å²) in [6.07, 6.45) is 9.20. The molecule has 0 bridgehead atoms. The predicted molar refractivity (Wildman–Crippen MR) is 119 cm³/mol. The van der Waals surface area contributed by atoms with Crippen LogP contribution < -0.4 is 5.32 Å². The number of ether oxygens (including phenoxy) is 2. The van der Waals surface area contributed by atoms with Gasteiger partial charge in [0.25, 0.3) is 0 Å². The van der Waals surface area contributed by atoms with Crippen LogP contribution in [0.15, 0.2) is 4.99 Å². The molecule has 6 nitrogen and oxygen atoms in total. The third-order valence-electron chi connectivity index (χ3n) is 5.05. The highest BCUT2D eigenvalue weighted by Crippen LogP contribution is 2.21. The van der Waals surface area contributed by atoms with Crippen molar-refractivity contribution in [3.63, 3.8) is 0 Å². The molecule has 2 fully saturated rings. The summed E-state index contributed by atoms with van der Waals surface area (Å²) in [6, 6.07) is 0. The lowest BCUT2D eigenvalue weighted by atomic mass is 10.1. The lowest BCUT2D eigenvalue weighted by Gasteiger charge is -2.37. The molecule has 7 heteroatoms. The zero-order chi connectivity index (χ0) is 17.9. The molecule has 0 aromatic carbocycles. The summed E-state index contributed by atoms with van der Waals surface area (Å²) in [5.74, 6) is 1.01. The van der Waals surface area contributed by atoms with Gasteiger partial charge in [0.15, 0.2) is 5.96 Å². The molecule has 1 N–H and O–H groups in total. The Bertz CT molecular complexity index is 390. The largest absolute Gasteiger partial charge is 0.375 e. The summed E-state index contributed by atoms with van der Waals surface area (Å²) in [7, 11) is 6.16. The number of nitrogens with zero attached hydrogens (tertiary/aromatic N) is 3. The van der Waals surface area contributed by atoms with Gasteiger partial charge in [-0.15, -0.1) is 24.0 Å². The van der Waals surface area contributed by atoms with Crippen LogP contribution in [-0.4, -0.2) is 88.5 Å². The van der Waals surface area contributed by atoms with Gasteiger partial charge >= 0.3 is 0 Å². The van der Waals surface area contributed by atoms with E-state index in [1.54, 1.807) is 0 Å². The van der Waals surface area contributed by atoms with Gasteiger partial charge in [-0.3, -0.25) is 4.99 Å². The molecule has 0 amide bonds. The fourth-order valence-corrected chi connectivity index (χ4v) is 3.60. The quantitative estimate of drug-likeness (QED) is 0.237. The van der Waals surface area contributed by atoms with E-state index in [0.717, 1.165) is 51.6 Å². The maximum Gasteiger partial charge on any atom is 0.193 e. The third-order valence-corrected chi connectivity index (χ3v) is 5.05. The summed E-state index contributed by atoms with van der Waals surface area (Å²) in [6.45, 7) is 5.64. The molecule has 0 aliphatic carbocycles. The normalized spacial score (nSPS) is 24.0. The lowest BCUT2D eigenvalue weighted by molar-refractivity contribution is -0.0816. The number of rotatable bonds is 9. The number of morpholine rings is 1. The third kappa shape index (κ3) is 8.71. The van der Waals surface area contributed by atoms with Crippen molar-refractivity contribution in [1.82, 2.24) is 15.1 Å². The molecule has 0 aromatic heterocycles. The molecule has 26 heavy (non-hydrogen) atoms. The van der Waals surface area contributed by atoms with Crippen molar-refractivity contribution in [2.75, 3.05) is 60.5 Å². The van der Waals surface area contributed by atoms with E-state index >= 15 is 0 Å². The Kier molecular flexibility index (Phi) is 12.8. The Hall–Kier alpha value is -0.120. The highest BCUT2D eigenvalue weighted by Gasteiger charge is 2.32. The van der Waals surface area contributed by atoms with Crippen LogP contribution >= 0.6 is 24.0 Å². The first-order valence-corrected chi connectivity index (χ1v) is 10.0. The van der Waals surface area contributed by atoms with Crippen LogP contribution in [0.5, 0.6) is 0 Å². The van der Waals surface area contributed by atoms with E-state index in [1.165, 1.54) is 38.6 Å². The van der Waals surface area contributed by atoms with E-state index in [0.29, 0.717) is 0 Å². The molecule has 2 rings (SSSR count). The van der Waals surface area contributed by atoms with E-state index < -0.39 is 0 Å². The second kappa shape index (κ2) is 14.0. The fraction of sp³-hybridized carbons (Fsp3) is 0.947. The summed E-state index contributed by atoms with van der Waals surface area (Å²) in [5.41, 5.74) is 0. The molecule has 2 atom stereocenters. The van der Waals surface area contributed by atoms with Crippen molar-refractivity contribution < 1.29 is 9.47 Å². The molecular weight excluding hydrogens is 443 g/mol. The molecule has 2 aliphatic rings. The van der Waals surface area contributed by atoms with E-state index in [-0.39, 0.29) is 36.2 Å². The number of aliphatic imine (C=N–C) groups is 1. The minimum atomic E-state index is 0. The fourth-order valence-electron chi connectivity index (χ4n) is 3.60. The van der Waals surface area contributed by atoms with E-state index in [4.69, 9.17) is 9.47 Å². The zero-order valence-electron chi connectivity index (χ0n) is 16.9. The van der Waals surface area contributed by atoms with Crippen LogP contribution in [0, 0.1) is 0 Å². The summed E-state index contributed by atoms with van der Waals surface area (Å²) < 4.78 is 11.7. The highest BCUT2D eigenvalue weighted by molar-refractivity contribution is 14.0. The van der Waals surface area contributed by atoms with Gasteiger partial charge in [-0.2, -0.15) is 0 Å². The Morgan fingerprint density at radius 2 is 1.81 bits per heavy atom. The molecule has 0 aromatic rings. The molecule has 2 unspecified atom stereocenters. The van der Waals surface area contributed by atoms with Gasteiger partial charge in [0.2, 0.25) is 0 Å². The first kappa shape index (κ1) is 23.9. The average Bonchev–Trinajstić information content (AvgIpc) is 3.15. The Labute approximate surface area is 177 Å². The van der Waals surface area contributed by atoms with Crippen molar-refractivity contribution in [1.29, 1.82) is 0 Å². The van der Waals surface area contributed by atoms with E-state index in [9.17, 15) is 0 Å². The second-order valence-electron chi connectivity index (χ2n) is 7.45. The minimum Gasteiger partial charge on any atom is -0.375 e. The maximum atomic E-state index is 5.93. The highest BCUT2D eigenvalue weighted by atomic mass is 127. The molecule has 0 saturated carbocycles. The van der Waals surface area contributed by atoms with Crippen LogP contribution in [0.1, 0.15) is 44.9 Å². The van der Waals surface area contributed by atoms with Crippen LogP contribution in [0.3, 0.4) is 0 Å². The second-order valence-corrected chi connectivity index (χ2v) is 7.45. The van der Waals surface area contributed by atoms with Gasteiger partial charge in [-0.25, -0.2) is 0 Å². The maximum absolute atomic E-state index is 5.93. The summed E-state index contributed by atoms with van der Waals surface area (Å²) >= 11 is 0. The van der Waals surface area contributed by atoms with Crippen molar-refractivity contribution in [2.45, 2.75) is 57.2 Å². The Balaban J connectivity index is 0.00000338. The molecule has 0 spiro atoms. The topological polar surface area (TPSA) is 49.3 Å². The van der Waals surface area contributed by atoms with Gasteiger partial charge < -0.3 is 24.6 Å². The predicted octanol–water partition coefficient (Wildman–Crippen LogP) is 2.57. The standard InChI is InChI=1S/C19H38N4O2.HI/c1-20-19(21-11-7-5-4-6-8-12-22(2)3)23-13-15-25-18(16-23)17-10-9-14-24-17;/h17-18H,4-16H2,1-3H3,(H,20,21);1H. The minimum absolute atomic E-state index is 0. The van der Waals surface area contributed by atoms with Crippen LogP contribution in [0.25, 0.3) is 0 Å². The number of hydrogen-bond donors (Lipinski definition) is 1. The number of guanidine groups is 1. The number of halogens is 1. The van der Waals surface area contributed by atoms with Crippen LogP contribution in [-0.2, 0) is 9.47 Å². The van der Waals surface area contributed by atoms with Gasteiger partial charge in [-0.05, 0) is 46.3 Å². The monoisotopic (exact) mass is 482 g/mol. The average molecular weight is 482 g/mol. The molecule has 2 saturated heterocycles. The first-order chi connectivity index (χ1) is 12.2. The Morgan fingerprint density at radius 1 is 1.08 bits per heavy atom. The summed E-state index contributed by atoms with van der Waals surface area (Å²) in [5, 5.41) is 3.53. The number of unbranched alkanes of at least 4 members (excludes halogenated alkanes) is 4. The van der Waals surface area contributed by atoms with Crippen LogP contribution in [0.2, 0.25) is 0 Å². The van der Waals surface area contributed by atoms with Crippen LogP contribution in [0.4, 0.5) is 0 Å². The molecule has 2 heterocycles. The van der Waals surface area contributed by atoms with Gasteiger partial charge in [0, 0.05) is 33.3 Å². The number of nitrogens with one attached hydrogen (secondary N) is 1. The van der Waals surface area contributed by atoms with Crippen molar-refractivity contribution in [2.24, 2.45) is 4.99 Å². The smallest absolute Gasteiger partial charge is 0.193 e. The Morgan fingerprint density at radius 3 is 2.50 bits per heavy atom. The number of hydrogen-bond acceptors (Lipinski definition) is 4. The molecule has 0 radical (unpaired) electrons. The zero-order valence-corrected chi connectivity index (χ0v) is 19.2. The van der Waals surface area contributed by atoms with Gasteiger partial charge in [0.05, 0.1) is 12.7 Å².